The lowest BCUT2D eigenvalue weighted by atomic mass is 9.41. The Kier molecular flexibility index (Phi) is 6.99. The predicted molar refractivity (Wildman–Crippen MR) is 278 cm³/mol. The highest BCUT2D eigenvalue weighted by Gasteiger charge is 2.58. The molecule has 0 amide bonds. The Morgan fingerprint density at radius 3 is 1.76 bits per heavy atom. The molecule has 1 aromatic heterocycles. The van der Waals surface area contributed by atoms with Crippen LogP contribution in [0.15, 0.2) is 162 Å². The molecule has 322 valence electrons. The molecule has 0 unspecified atom stereocenters. The maximum atomic E-state index is 7.43. The van der Waals surface area contributed by atoms with Crippen LogP contribution in [0.4, 0.5) is 28.6 Å². The SMILES string of the molecule is Cc1cc2c(cc1N1c3cc4c(c5c3B(c3c1oc1ccccc31)N1c3ccccc3C3(c6ccccc6-c6ccccc63)c3cccc-5c31)C(C)(C)c1ccccc1-4)C(C)(C)CCC2(C)C. The molecule has 4 heterocycles. The Bertz CT molecular complexity index is 3690. The minimum absolute atomic E-state index is 0.0307. The van der Waals surface area contributed by atoms with Crippen LogP contribution < -0.4 is 20.6 Å². The maximum Gasteiger partial charge on any atom is 0.337 e. The van der Waals surface area contributed by atoms with Crippen molar-refractivity contribution in [3.63, 3.8) is 0 Å². The number of hydrogen-bond donors (Lipinski definition) is 0. The number of rotatable bonds is 1. The van der Waals surface area contributed by atoms with E-state index in [1.54, 1.807) is 0 Å². The number of nitrogens with zero attached hydrogens (tertiary/aromatic N) is 2. The molecule has 0 N–H and O–H groups in total. The molecule has 3 nitrogen and oxygen atoms in total. The summed E-state index contributed by atoms with van der Waals surface area (Å²) in [7, 11) is 0. The molecule has 9 aromatic rings. The summed E-state index contributed by atoms with van der Waals surface area (Å²) in [5.74, 6) is 0.918. The molecule has 3 aliphatic heterocycles. The largest absolute Gasteiger partial charge is 0.440 e. The van der Waals surface area contributed by atoms with Gasteiger partial charge in [-0.05, 0) is 138 Å². The van der Waals surface area contributed by atoms with Gasteiger partial charge in [-0.25, -0.2) is 0 Å². The average Bonchev–Trinajstić information content (AvgIpc) is 3.94. The third-order valence-electron chi connectivity index (χ3n) is 17.6. The third-order valence-corrected chi connectivity index (χ3v) is 17.6. The standard InChI is InChI=1S/C63H51BN2O/c1-36-33-48-49(61(4,5)32-31-60(48,2)3)35-51(36)65-52-34-42-39-21-8-12-24-43(39)62(6,7)55(42)54-41-23-18-28-47-58(41)66(64(57(52)54)56-40-22-11-17-30-53(40)67-59(56)65)50-29-16-15-27-46(50)63(47)44-25-13-9-19-37(44)38-20-10-14-26-45(38)63/h8-30,33-35H,31-32H2,1-7H3. The summed E-state index contributed by atoms with van der Waals surface area (Å²) in [5.41, 5.74) is 28.1. The summed E-state index contributed by atoms with van der Waals surface area (Å²) in [4.78, 5) is 5.31. The van der Waals surface area contributed by atoms with E-state index < -0.39 is 5.41 Å². The van der Waals surface area contributed by atoms with Gasteiger partial charge >= 0.3 is 6.85 Å². The monoisotopic (exact) mass is 862 g/mol. The van der Waals surface area contributed by atoms with Gasteiger partial charge in [-0.1, -0.05) is 175 Å². The highest BCUT2D eigenvalue weighted by molar-refractivity contribution is 6.95. The van der Waals surface area contributed by atoms with E-state index in [1.807, 2.05) is 0 Å². The molecule has 0 saturated heterocycles. The van der Waals surface area contributed by atoms with E-state index in [0.717, 1.165) is 17.9 Å². The molecular weight excluding hydrogens is 812 g/mol. The van der Waals surface area contributed by atoms with Gasteiger partial charge in [0.2, 0.25) is 5.88 Å². The summed E-state index contributed by atoms with van der Waals surface area (Å²) < 4.78 is 7.43. The summed E-state index contributed by atoms with van der Waals surface area (Å²) in [6, 6.07) is 60.7. The zero-order chi connectivity index (χ0) is 45.1. The second-order valence-electron chi connectivity index (χ2n) is 22.2. The van der Waals surface area contributed by atoms with Gasteiger partial charge in [-0.2, -0.15) is 0 Å². The quantitative estimate of drug-likeness (QED) is 0.153. The second-order valence-corrected chi connectivity index (χ2v) is 22.2. The zero-order valence-electron chi connectivity index (χ0n) is 39.3. The summed E-state index contributed by atoms with van der Waals surface area (Å²) in [6.45, 7) is 16.9. The fourth-order valence-corrected chi connectivity index (χ4v) is 14.5. The van der Waals surface area contributed by atoms with Gasteiger partial charge in [0.15, 0.2) is 0 Å². The molecule has 3 aliphatic carbocycles. The molecule has 4 heteroatoms. The third kappa shape index (κ3) is 4.38. The van der Waals surface area contributed by atoms with Crippen LogP contribution in [0.5, 0.6) is 0 Å². The van der Waals surface area contributed by atoms with Gasteiger partial charge in [0, 0.05) is 38.9 Å². The number of fused-ring (bicyclic) bond motifs is 20. The molecular formula is C63H51BN2O. The molecule has 0 saturated carbocycles. The topological polar surface area (TPSA) is 19.6 Å². The lowest BCUT2D eigenvalue weighted by molar-refractivity contribution is 0.332. The Balaban J connectivity index is 1.14. The lowest BCUT2D eigenvalue weighted by Gasteiger charge is -2.52. The first-order chi connectivity index (χ1) is 32.4. The number of anilines is 5. The summed E-state index contributed by atoms with van der Waals surface area (Å²) in [6.07, 6.45) is 2.33. The van der Waals surface area contributed by atoms with Crippen molar-refractivity contribution in [2.24, 2.45) is 0 Å². The van der Waals surface area contributed by atoms with E-state index in [-0.39, 0.29) is 23.1 Å². The lowest BCUT2D eigenvalue weighted by Crippen LogP contribution is -2.63. The fraction of sp³-hybridized carbons (Fsp3) is 0.206. The summed E-state index contributed by atoms with van der Waals surface area (Å²) >= 11 is 0. The Morgan fingerprint density at radius 1 is 0.478 bits per heavy atom. The van der Waals surface area contributed by atoms with Gasteiger partial charge in [0.1, 0.15) is 5.58 Å². The minimum atomic E-state index is -0.523. The van der Waals surface area contributed by atoms with Crippen LogP contribution in [0.1, 0.15) is 104 Å². The second kappa shape index (κ2) is 12.3. The van der Waals surface area contributed by atoms with E-state index >= 15 is 0 Å². The first-order valence-electron chi connectivity index (χ1n) is 24.4. The van der Waals surface area contributed by atoms with E-state index in [9.17, 15) is 0 Å². The first-order valence-corrected chi connectivity index (χ1v) is 24.4. The predicted octanol–water partition coefficient (Wildman–Crippen LogP) is 14.8. The molecule has 0 radical (unpaired) electrons. The molecule has 67 heavy (non-hydrogen) atoms. The smallest absolute Gasteiger partial charge is 0.337 e. The van der Waals surface area contributed by atoms with Crippen LogP contribution >= 0.6 is 0 Å². The molecule has 8 aromatic carbocycles. The van der Waals surface area contributed by atoms with Crippen LogP contribution in [-0.4, -0.2) is 6.85 Å². The Morgan fingerprint density at radius 2 is 1.04 bits per heavy atom. The molecule has 0 atom stereocenters. The number of benzene rings is 8. The van der Waals surface area contributed by atoms with Crippen LogP contribution in [0.3, 0.4) is 0 Å². The fourth-order valence-electron chi connectivity index (χ4n) is 14.5. The van der Waals surface area contributed by atoms with Crippen molar-refractivity contribution < 1.29 is 4.42 Å². The molecule has 1 spiro atoms. The van der Waals surface area contributed by atoms with Gasteiger partial charge < -0.3 is 9.23 Å². The van der Waals surface area contributed by atoms with E-state index in [0.29, 0.717) is 0 Å². The Hall–Kier alpha value is -7.04. The highest BCUT2D eigenvalue weighted by atomic mass is 16.4. The highest BCUT2D eigenvalue weighted by Crippen LogP contribution is 2.66. The summed E-state index contributed by atoms with van der Waals surface area (Å²) in [5, 5.41) is 1.17. The average molecular weight is 863 g/mol. The van der Waals surface area contributed by atoms with Crippen LogP contribution in [0, 0.1) is 6.92 Å². The maximum absolute atomic E-state index is 7.43. The van der Waals surface area contributed by atoms with Gasteiger partial charge in [-0.15, -0.1) is 0 Å². The van der Waals surface area contributed by atoms with Crippen molar-refractivity contribution in [1.29, 1.82) is 0 Å². The van der Waals surface area contributed by atoms with E-state index in [2.05, 4.69) is 216 Å². The van der Waals surface area contributed by atoms with Crippen LogP contribution in [0.2, 0.25) is 0 Å². The number of hydrogen-bond acceptors (Lipinski definition) is 3. The van der Waals surface area contributed by atoms with Crippen molar-refractivity contribution in [3.05, 3.63) is 208 Å². The van der Waals surface area contributed by atoms with E-state index in [4.69, 9.17) is 4.42 Å². The normalized spacial score (nSPS) is 18.0. The van der Waals surface area contributed by atoms with Gasteiger partial charge in [0.25, 0.3) is 0 Å². The molecule has 6 aliphatic rings. The van der Waals surface area contributed by atoms with Crippen molar-refractivity contribution in [1.82, 2.24) is 0 Å². The Labute approximate surface area is 393 Å². The molecule has 0 fully saturated rings. The van der Waals surface area contributed by atoms with Crippen molar-refractivity contribution in [2.75, 3.05) is 9.71 Å². The first kappa shape index (κ1) is 38.1. The minimum Gasteiger partial charge on any atom is -0.440 e. The van der Waals surface area contributed by atoms with Crippen molar-refractivity contribution in [2.45, 2.75) is 83.0 Å². The zero-order valence-corrected chi connectivity index (χ0v) is 39.3. The number of para-hydroxylation sites is 3. The number of aryl methyl sites for hydroxylation is 1. The molecule has 15 rings (SSSR count). The van der Waals surface area contributed by atoms with E-state index in [1.165, 1.54) is 129 Å². The number of furan rings is 1. The van der Waals surface area contributed by atoms with Crippen LogP contribution in [0.25, 0.3) is 44.3 Å². The van der Waals surface area contributed by atoms with Crippen molar-refractivity contribution in [3.8, 4) is 33.4 Å². The van der Waals surface area contributed by atoms with Crippen LogP contribution in [-0.2, 0) is 21.7 Å². The van der Waals surface area contributed by atoms with Crippen molar-refractivity contribution >= 4 is 57.4 Å². The molecule has 0 bridgehead atoms. The van der Waals surface area contributed by atoms with Gasteiger partial charge in [0.05, 0.1) is 11.1 Å². The van der Waals surface area contributed by atoms with Gasteiger partial charge in [-0.3, -0.25) is 4.90 Å².